The molecular formula is C103H150Cl2F2O15SSi. The molecule has 0 aromatic heterocycles. The standard InChI is InChI=1S/C18H18O2.C17H20.C11H14O2.C10H14O2S.C10H14.C9H20O2Si.C8H16O2.C7H12Cl2O2.C7H12O2.C6H10F2O/c1-12(2)18(19)20-11-17-15-9-5-3-7-13(15)14-8-4-6-10-16(14)17;1-14(2)17(3,15-10-6-4-7-11-15)16-12-8-5-9-13-16;1-9(2)11(12)13-8-10-6-4-3-5-7-10;1-8(2)13(11,12)10-6-4-9(3)5-7-10;1-9(2)8-10-6-4-3-5-7-10;1-8(2)9(10)11-6-7-12(3,4)5;1-6(2)7(9)10-8(3,4)5;1-5(2)6(10)11-4-7(3,8)9;1-4-5-9-7(8)6(2)3;1-4(2)5(9)6(3,7)8/h3-10,12,17H,11H2,1-2H3;4-14H,1-3H3;3-7,9H,8H2,1-2H3;4-8H,1-3H3;3-7,9H,8H2,1-2H3;8H,6-7H2,1-5H3;6H,1-5H3;5H,4H2,1-3H3;4,6H,1,5H2,2-3H3;4H,1-3H3. The van der Waals surface area contributed by atoms with Gasteiger partial charge in [0.2, 0.25) is 5.78 Å². The Labute approximate surface area is 756 Å². The van der Waals surface area contributed by atoms with E-state index in [-0.39, 0.29) is 100 Å². The number of carbonyl (C=O) groups is 7. The molecule has 124 heavy (non-hydrogen) atoms. The predicted molar refractivity (Wildman–Crippen MR) is 510 cm³/mol. The van der Waals surface area contributed by atoms with Gasteiger partial charge in [0.1, 0.15) is 36.4 Å². The van der Waals surface area contributed by atoms with Crippen molar-refractivity contribution in [3.8, 4) is 11.1 Å². The van der Waals surface area contributed by atoms with Crippen LogP contribution in [0.4, 0.5) is 8.78 Å². The van der Waals surface area contributed by atoms with Gasteiger partial charge in [-0.05, 0) is 129 Å². The van der Waals surface area contributed by atoms with Crippen LogP contribution in [0.25, 0.3) is 11.1 Å². The Morgan fingerprint density at radius 3 is 1.13 bits per heavy atom. The number of fused-ring (bicyclic) bond motifs is 3. The van der Waals surface area contributed by atoms with E-state index in [1.54, 1.807) is 66.7 Å². The minimum atomic E-state index is -3.16. The molecule has 1 aliphatic rings. The molecule has 0 spiro atoms. The van der Waals surface area contributed by atoms with E-state index in [2.05, 4.69) is 188 Å². The van der Waals surface area contributed by atoms with Crippen molar-refractivity contribution in [1.82, 2.24) is 0 Å². The minimum absolute atomic E-state index is 0.00614. The lowest BCUT2D eigenvalue weighted by atomic mass is 9.68. The highest BCUT2D eigenvalue weighted by molar-refractivity contribution is 7.92. The number of benzene rings is 7. The zero-order valence-corrected chi connectivity index (χ0v) is 83.4. The summed E-state index contributed by atoms with van der Waals surface area (Å²) in [4.78, 5) is 77.1. The van der Waals surface area contributed by atoms with E-state index in [1.165, 1.54) is 59.2 Å². The largest absolute Gasteiger partial charge is 0.466 e. The second kappa shape index (κ2) is 59.4. The number of esters is 6. The number of aryl methyl sites for hydroxylation is 1. The fourth-order valence-corrected chi connectivity index (χ4v) is 12.3. The third-order valence-corrected chi connectivity index (χ3v) is 22.1. The zero-order valence-electron chi connectivity index (χ0n) is 80.1. The number of carbonyl (C=O) groups excluding carboxylic acids is 7. The Hall–Kier alpha value is -8.62. The van der Waals surface area contributed by atoms with Gasteiger partial charge in [-0.15, -0.1) is 0 Å². The molecule has 0 saturated heterocycles. The van der Waals surface area contributed by atoms with Gasteiger partial charge in [0, 0.05) is 32.2 Å². The number of Topliss-reactive ketones (excluding diaryl/α,β-unsaturated/α-hetero) is 1. The van der Waals surface area contributed by atoms with E-state index in [4.69, 9.17) is 51.6 Å². The van der Waals surface area contributed by atoms with Crippen LogP contribution in [0.15, 0.2) is 212 Å². The highest BCUT2D eigenvalue weighted by Gasteiger charge is 2.35. The van der Waals surface area contributed by atoms with Crippen molar-refractivity contribution in [1.29, 1.82) is 0 Å². The fourth-order valence-electron chi connectivity index (χ4n) is 10.4. The number of halogens is 4. The lowest BCUT2D eigenvalue weighted by Crippen LogP contribution is -2.29. The van der Waals surface area contributed by atoms with E-state index in [1.807, 2.05) is 138 Å². The summed E-state index contributed by atoms with van der Waals surface area (Å²) in [5.74, 6) is -4.52. The summed E-state index contributed by atoms with van der Waals surface area (Å²) in [7, 11) is -4.13. The molecule has 0 aliphatic heterocycles. The molecule has 0 saturated carbocycles. The Balaban J connectivity index is 0. The summed E-state index contributed by atoms with van der Waals surface area (Å²) in [6, 6.07) is 66.6. The number of ketones is 1. The molecular weight excluding hydrogens is 1650 g/mol. The molecule has 0 heterocycles. The SMILES string of the molecule is C=CCOC(=O)C(C)C.CC(C)C(=O)C(C)(F)F.CC(C)C(=O)OC(C)(C)C.CC(C)C(=O)OCC(C)(Cl)Cl.CC(C)C(=O)OCC1c2ccccc2-c2ccccc21.CC(C)C(=O)OCC[Si](C)(C)C.CC(C)C(=O)OCc1ccccc1.CC(C)C(C)(c1ccccc1)c1ccccc1.CC(C)Cc1ccccc1.Cc1ccc(S(=O)(=O)C(C)C)cc1. The number of alkyl halides is 4. The molecule has 690 valence electrons. The first-order valence-electron chi connectivity index (χ1n) is 42.9. The Bertz CT molecular complexity index is 4210. The normalized spacial score (nSPS) is 11.6. The number of sulfone groups is 1. The lowest BCUT2D eigenvalue weighted by molar-refractivity contribution is -0.159. The minimum Gasteiger partial charge on any atom is -0.466 e. The van der Waals surface area contributed by atoms with E-state index in [0.717, 1.165) is 23.1 Å². The quantitative estimate of drug-likeness (QED) is 0.0162. The van der Waals surface area contributed by atoms with Crippen molar-refractivity contribution >= 4 is 82.7 Å². The van der Waals surface area contributed by atoms with Crippen molar-refractivity contribution in [3.05, 3.63) is 246 Å². The smallest absolute Gasteiger partial charge is 0.308 e. The van der Waals surface area contributed by atoms with Gasteiger partial charge < -0.3 is 28.4 Å². The Kier molecular flexibility index (Phi) is 56.2. The molecule has 0 N–H and O–H groups in total. The molecule has 7 aromatic carbocycles. The van der Waals surface area contributed by atoms with Gasteiger partial charge in [0.05, 0.1) is 52.3 Å². The van der Waals surface area contributed by atoms with E-state index >= 15 is 0 Å². The maximum absolute atomic E-state index is 12.0. The molecule has 0 atom stereocenters. The molecule has 0 unspecified atom stereocenters. The molecule has 0 radical (unpaired) electrons. The molecule has 7 aromatic rings. The van der Waals surface area contributed by atoms with Gasteiger partial charge in [0.25, 0.3) is 0 Å². The van der Waals surface area contributed by atoms with Crippen LogP contribution in [0.2, 0.25) is 25.7 Å². The zero-order chi connectivity index (χ0) is 95.7. The first-order valence-corrected chi connectivity index (χ1v) is 48.9. The van der Waals surface area contributed by atoms with Crippen molar-refractivity contribution in [2.24, 2.45) is 53.3 Å². The molecule has 8 rings (SSSR count). The lowest BCUT2D eigenvalue weighted by Gasteiger charge is -2.35. The van der Waals surface area contributed by atoms with Crippen LogP contribution in [0.5, 0.6) is 0 Å². The number of ether oxygens (including phenoxy) is 6. The highest BCUT2D eigenvalue weighted by Crippen LogP contribution is 2.45. The summed E-state index contributed by atoms with van der Waals surface area (Å²) in [5.41, 5.74) is 11.1. The number of hydrogen-bond donors (Lipinski definition) is 0. The second-order valence-corrected chi connectivity index (χ2v) is 46.0. The van der Waals surface area contributed by atoms with Crippen LogP contribution in [-0.4, -0.2) is 106 Å². The number of rotatable bonds is 26. The predicted octanol–water partition coefficient (Wildman–Crippen LogP) is 26.2. The van der Waals surface area contributed by atoms with Gasteiger partial charge >= 0.3 is 41.7 Å². The van der Waals surface area contributed by atoms with Crippen LogP contribution in [0.1, 0.15) is 225 Å². The van der Waals surface area contributed by atoms with E-state index < -0.39 is 39.9 Å². The summed E-state index contributed by atoms with van der Waals surface area (Å²) in [6.45, 7) is 61.3. The van der Waals surface area contributed by atoms with Crippen molar-refractivity contribution in [2.75, 3.05) is 26.4 Å². The monoisotopic (exact) mass is 1790 g/mol. The summed E-state index contributed by atoms with van der Waals surface area (Å²) < 4.78 is 76.4. The van der Waals surface area contributed by atoms with Gasteiger partial charge in [-0.1, -0.05) is 375 Å². The van der Waals surface area contributed by atoms with Crippen LogP contribution in [0.3, 0.4) is 0 Å². The molecule has 21 heteroatoms. The first kappa shape index (κ1) is 117. The second-order valence-electron chi connectivity index (χ2n) is 36.0. The Morgan fingerprint density at radius 2 is 0.806 bits per heavy atom. The maximum Gasteiger partial charge on any atom is 0.308 e. The molecule has 15 nitrogen and oxygen atoms in total. The summed E-state index contributed by atoms with van der Waals surface area (Å²) in [6.07, 6.45) is 2.75. The molecule has 0 amide bonds. The third kappa shape index (κ3) is 51.1. The van der Waals surface area contributed by atoms with Gasteiger partial charge in [-0.3, -0.25) is 33.6 Å². The van der Waals surface area contributed by atoms with Crippen LogP contribution < -0.4 is 0 Å². The maximum atomic E-state index is 12.0. The van der Waals surface area contributed by atoms with Crippen molar-refractivity contribution < 1.29 is 79.2 Å². The van der Waals surface area contributed by atoms with Crippen molar-refractivity contribution in [2.45, 2.75) is 263 Å². The van der Waals surface area contributed by atoms with Crippen LogP contribution in [0, 0.1) is 60.2 Å². The molecule has 1 aliphatic carbocycles. The van der Waals surface area contributed by atoms with E-state index in [0.29, 0.717) is 44.2 Å². The molecule has 0 fully saturated rings. The number of hydrogen-bond acceptors (Lipinski definition) is 15. The van der Waals surface area contributed by atoms with Gasteiger partial charge in [0.15, 0.2) is 9.84 Å². The fraction of sp³-hybridized carbons (Fsp3) is 0.505. The topological polar surface area (TPSA) is 209 Å². The average Bonchev–Trinajstić information content (AvgIpc) is 1.48. The summed E-state index contributed by atoms with van der Waals surface area (Å²) >= 11 is 11.1. The molecule has 0 bridgehead atoms. The van der Waals surface area contributed by atoms with Crippen molar-refractivity contribution in [3.63, 3.8) is 0 Å². The van der Waals surface area contributed by atoms with Crippen LogP contribution >= 0.6 is 23.2 Å². The van der Waals surface area contributed by atoms with Crippen LogP contribution in [-0.2, 0) is 90.3 Å². The highest BCUT2D eigenvalue weighted by atomic mass is 35.5. The van der Waals surface area contributed by atoms with Gasteiger partial charge in [-0.2, -0.15) is 8.78 Å². The third-order valence-electron chi connectivity index (χ3n) is 18.0. The van der Waals surface area contributed by atoms with E-state index in [9.17, 15) is 50.8 Å². The van der Waals surface area contributed by atoms with Gasteiger partial charge in [-0.25, -0.2) is 8.42 Å². The summed E-state index contributed by atoms with van der Waals surface area (Å²) in [5, 5.41) is -0.352. The Morgan fingerprint density at radius 1 is 0.452 bits per heavy atom. The first-order chi connectivity index (χ1) is 57.3. The average molecular weight is 1800 g/mol.